The van der Waals surface area contributed by atoms with Gasteiger partial charge in [0, 0.05) is 6.54 Å². The summed E-state index contributed by atoms with van der Waals surface area (Å²) >= 11 is 0. The number of nitrogens with one attached hydrogen (secondary N) is 1. The Morgan fingerprint density at radius 1 is 1.47 bits per heavy atom. The molecule has 2 aromatic rings. The Hall–Kier alpha value is -2.04. The van der Waals surface area contributed by atoms with Crippen molar-refractivity contribution >= 4 is 17.1 Å². The quantitative estimate of drug-likeness (QED) is 0.827. The van der Waals surface area contributed by atoms with Crippen LogP contribution in [0.3, 0.4) is 0 Å². The smallest absolute Gasteiger partial charge is 0.408 e. The monoisotopic (exact) mass is 259 g/mol. The first-order valence-corrected chi connectivity index (χ1v) is 6.55. The minimum absolute atomic E-state index is 0.441. The third kappa shape index (κ3) is 1.85. The Kier molecular flexibility index (Phi) is 2.69. The molecule has 0 spiro atoms. The van der Waals surface area contributed by atoms with Crippen molar-refractivity contribution in [1.82, 2.24) is 14.9 Å². The maximum absolute atomic E-state index is 11.5. The fourth-order valence-electron chi connectivity index (χ4n) is 3.00. The fourth-order valence-corrected chi connectivity index (χ4v) is 3.00. The SMILES string of the molecule is CC1(c2ccc3nc[nH]c3c2)CCCCN1C(=O)O. The van der Waals surface area contributed by atoms with E-state index in [4.69, 9.17) is 0 Å². The lowest BCUT2D eigenvalue weighted by Crippen LogP contribution is -2.49. The average molecular weight is 259 g/mol. The van der Waals surface area contributed by atoms with Crippen molar-refractivity contribution in [3.8, 4) is 0 Å². The predicted molar refractivity (Wildman–Crippen MR) is 72.0 cm³/mol. The number of benzene rings is 1. The molecule has 0 bridgehead atoms. The van der Waals surface area contributed by atoms with Gasteiger partial charge >= 0.3 is 6.09 Å². The van der Waals surface area contributed by atoms with E-state index in [1.165, 1.54) is 0 Å². The number of carboxylic acid groups (broad SMARTS) is 1. The fraction of sp³-hybridized carbons (Fsp3) is 0.429. The Labute approximate surface area is 111 Å². The molecule has 0 saturated carbocycles. The first kappa shape index (κ1) is 12.0. The number of hydrogen-bond acceptors (Lipinski definition) is 2. The molecule has 1 unspecified atom stereocenters. The maximum atomic E-state index is 11.5. The number of likely N-dealkylation sites (tertiary alicyclic amines) is 1. The molecule has 100 valence electrons. The molecule has 1 aliphatic rings. The van der Waals surface area contributed by atoms with Crippen LogP contribution in [0.2, 0.25) is 0 Å². The number of fused-ring (bicyclic) bond motifs is 1. The highest BCUT2D eigenvalue weighted by Crippen LogP contribution is 2.38. The summed E-state index contributed by atoms with van der Waals surface area (Å²) in [6.07, 6.45) is 3.67. The molecule has 2 N–H and O–H groups in total. The molecule has 5 nitrogen and oxygen atoms in total. The van der Waals surface area contributed by atoms with Gasteiger partial charge in [0.05, 0.1) is 22.9 Å². The Balaban J connectivity index is 2.07. The van der Waals surface area contributed by atoms with Gasteiger partial charge in [0.2, 0.25) is 0 Å². The number of aromatic amines is 1. The summed E-state index contributed by atoms with van der Waals surface area (Å²) in [5, 5.41) is 9.41. The number of hydrogen-bond donors (Lipinski definition) is 2. The molecule has 1 fully saturated rings. The molecule has 1 aromatic heterocycles. The van der Waals surface area contributed by atoms with E-state index in [0.29, 0.717) is 6.54 Å². The molecule has 2 heterocycles. The van der Waals surface area contributed by atoms with Gasteiger partial charge in [-0.2, -0.15) is 0 Å². The molecular formula is C14H17N3O2. The minimum atomic E-state index is -0.841. The molecule has 1 aromatic carbocycles. The molecule has 5 heteroatoms. The molecule has 0 radical (unpaired) electrons. The van der Waals surface area contributed by atoms with Crippen LogP contribution >= 0.6 is 0 Å². The highest BCUT2D eigenvalue weighted by atomic mass is 16.4. The van der Waals surface area contributed by atoms with Crippen LogP contribution < -0.4 is 0 Å². The zero-order valence-corrected chi connectivity index (χ0v) is 10.9. The number of aromatic nitrogens is 2. The predicted octanol–water partition coefficient (Wildman–Crippen LogP) is 2.94. The minimum Gasteiger partial charge on any atom is -0.465 e. The number of imidazole rings is 1. The number of piperidine rings is 1. The number of carbonyl (C=O) groups is 1. The van der Waals surface area contributed by atoms with E-state index in [0.717, 1.165) is 35.9 Å². The van der Waals surface area contributed by atoms with E-state index in [2.05, 4.69) is 9.97 Å². The van der Waals surface area contributed by atoms with E-state index in [1.54, 1.807) is 11.2 Å². The molecule has 19 heavy (non-hydrogen) atoms. The lowest BCUT2D eigenvalue weighted by Gasteiger charge is -2.43. The molecule has 0 aliphatic carbocycles. The zero-order valence-electron chi connectivity index (χ0n) is 10.9. The standard InChI is InChI=1S/C14H17N3O2/c1-14(6-2-3-7-17(14)13(18)19)10-4-5-11-12(8-10)16-9-15-11/h4-5,8-9H,2-3,6-7H2,1H3,(H,15,16)(H,18,19). The van der Waals surface area contributed by atoms with Gasteiger partial charge in [-0.3, -0.25) is 4.90 Å². The highest BCUT2D eigenvalue weighted by Gasteiger charge is 2.39. The summed E-state index contributed by atoms with van der Waals surface area (Å²) in [4.78, 5) is 20.3. The van der Waals surface area contributed by atoms with E-state index in [9.17, 15) is 9.90 Å². The van der Waals surface area contributed by atoms with Gasteiger partial charge in [-0.1, -0.05) is 6.07 Å². The van der Waals surface area contributed by atoms with Gasteiger partial charge in [0.1, 0.15) is 0 Å². The second kappa shape index (κ2) is 4.26. The van der Waals surface area contributed by atoms with E-state index in [1.807, 2.05) is 25.1 Å². The van der Waals surface area contributed by atoms with Crippen molar-refractivity contribution in [1.29, 1.82) is 0 Å². The van der Waals surface area contributed by atoms with Crippen LogP contribution in [0.15, 0.2) is 24.5 Å². The average Bonchev–Trinajstić information content (AvgIpc) is 2.86. The summed E-state index contributed by atoms with van der Waals surface area (Å²) in [6, 6.07) is 5.95. The normalized spacial score (nSPS) is 23.7. The van der Waals surface area contributed by atoms with Crippen molar-refractivity contribution < 1.29 is 9.90 Å². The van der Waals surface area contributed by atoms with Crippen LogP contribution in [-0.4, -0.2) is 32.6 Å². The Morgan fingerprint density at radius 3 is 3.11 bits per heavy atom. The largest absolute Gasteiger partial charge is 0.465 e. The second-order valence-corrected chi connectivity index (χ2v) is 5.30. The van der Waals surface area contributed by atoms with Gasteiger partial charge < -0.3 is 10.1 Å². The summed E-state index contributed by atoms with van der Waals surface area (Å²) < 4.78 is 0. The van der Waals surface area contributed by atoms with Crippen LogP contribution in [0, 0.1) is 0 Å². The third-order valence-electron chi connectivity index (χ3n) is 4.16. The number of H-pyrrole nitrogens is 1. The van der Waals surface area contributed by atoms with Crippen molar-refractivity contribution in [3.05, 3.63) is 30.1 Å². The van der Waals surface area contributed by atoms with Gasteiger partial charge in [-0.15, -0.1) is 0 Å². The van der Waals surface area contributed by atoms with Crippen LogP contribution in [0.4, 0.5) is 4.79 Å². The molecule has 1 amide bonds. The Morgan fingerprint density at radius 2 is 2.32 bits per heavy atom. The molecule has 1 atom stereocenters. The summed E-state index contributed by atoms with van der Waals surface area (Å²) in [7, 11) is 0. The third-order valence-corrected chi connectivity index (χ3v) is 4.16. The number of nitrogens with zero attached hydrogens (tertiary/aromatic N) is 2. The topological polar surface area (TPSA) is 69.2 Å². The van der Waals surface area contributed by atoms with E-state index < -0.39 is 11.6 Å². The van der Waals surface area contributed by atoms with Crippen molar-refractivity contribution in [3.63, 3.8) is 0 Å². The van der Waals surface area contributed by atoms with Gasteiger partial charge in [0.15, 0.2) is 0 Å². The lowest BCUT2D eigenvalue weighted by molar-refractivity contribution is 0.0560. The van der Waals surface area contributed by atoms with Crippen LogP contribution in [0.25, 0.3) is 11.0 Å². The first-order valence-electron chi connectivity index (χ1n) is 6.55. The first-order chi connectivity index (χ1) is 9.11. The summed E-state index contributed by atoms with van der Waals surface area (Å²) in [6.45, 7) is 2.62. The second-order valence-electron chi connectivity index (χ2n) is 5.30. The molecule has 3 rings (SSSR count). The van der Waals surface area contributed by atoms with Gasteiger partial charge in [-0.05, 0) is 43.9 Å². The van der Waals surface area contributed by atoms with Crippen LogP contribution in [-0.2, 0) is 5.54 Å². The van der Waals surface area contributed by atoms with Crippen LogP contribution in [0.1, 0.15) is 31.7 Å². The van der Waals surface area contributed by atoms with Crippen LogP contribution in [0.5, 0.6) is 0 Å². The van der Waals surface area contributed by atoms with Gasteiger partial charge in [0.25, 0.3) is 0 Å². The summed E-state index contributed by atoms with van der Waals surface area (Å²) in [5.41, 5.74) is 2.45. The Bertz CT molecular complexity index is 622. The van der Waals surface area contributed by atoms with E-state index >= 15 is 0 Å². The highest BCUT2D eigenvalue weighted by molar-refractivity contribution is 5.76. The number of amides is 1. The van der Waals surface area contributed by atoms with Crippen molar-refractivity contribution in [2.75, 3.05) is 6.54 Å². The molecular weight excluding hydrogens is 242 g/mol. The molecule has 1 aliphatic heterocycles. The van der Waals surface area contributed by atoms with Crippen molar-refractivity contribution in [2.24, 2.45) is 0 Å². The van der Waals surface area contributed by atoms with Gasteiger partial charge in [-0.25, -0.2) is 9.78 Å². The summed E-state index contributed by atoms with van der Waals surface area (Å²) in [5.74, 6) is 0. The lowest BCUT2D eigenvalue weighted by atomic mass is 9.82. The number of rotatable bonds is 1. The van der Waals surface area contributed by atoms with E-state index in [-0.39, 0.29) is 0 Å². The maximum Gasteiger partial charge on any atom is 0.408 e. The zero-order chi connectivity index (χ0) is 13.5. The van der Waals surface area contributed by atoms with Crippen molar-refractivity contribution in [2.45, 2.75) is 31.7 Å². The molecule has 1 saturated heterocycles.